The Bertz CT molecular complexity index is 307. The second-order valence-corrected chi connectivity index (χ2v) is 6.02. The fourth-order valence-corrected chi connectivity index (χ4v) is 3.39. The predicted molar refractivity (Wildman–Crippen MR) is 57.1 cm³/mol. The zero-order valence-corrected chi connectivity index (χ0v) is 9.72. The summed E-state index contributed by atoms with van der Waals surface area (Å²) in [5.41, 5.74) is 0. The highest BCUT2D eigenvalue weighted by Crippen LogP contribution is 2.41. The van der Waals surface area contributed by atoms with E-state index < -0.39 is 10.0 Å². The quantitative estimate of drug-likeness (QED) is 0.588. The van der Waals surface area contributed by atoms with Crippen molar-refractivity contribution >= 4 is 10.0 Å². The first kappa shape index (κ1) is 11.3. The largest absolute Gasteiger partial charge is 0.381 e. The number of hydrogen-bond acceptors (Lipinski definition) is 4. The van der Waals surface area contributed by atoms with Crippen molar-refractivity contribution in [1.82, 2.24) is 10.0 Å². The van der Waals surface area contributed by atoms with E-state index in [9.17, 15) is 8.42 Å². The number of sulfonamides is 1. The lowest BCUT2D eigenvalue weighted by Gasteiger charge is -2.08. The van der Waals surface area contributed by atoms with E-state index in [0.29, 0.717) is 18.4 Å². The summed E-state index contributed by atoms with van der Waals surface area (Å²) < 4.78 is 30.9. The lowest BCUT2D eigenvalue weighted by molar-refractivity contribution is 0.163. The van der Waals surface area contributed by atoms with Crippen LogP contribution in [0, 0.1) is 11.8 Å². The zero-order valence-electron chi connectivity index (χ0n) is 8.90. The molecule has 0 aromatic carbocycles. The number of rotatable bonds is 6. The van der Waals surface area contributed by atoms with Crippen LogP contribution in [-0.4, -0.2) is 46.5 Å². The molecule has 0 bridgehead atoms. The van der Waals surface area contributed by atoms with Gasteiger partial charge in [-0.25, -0.2) is 13.1 Å². The van der Waals surface area contributed by atoms with Crippen molar-refractivity contribution in [2.24, 2.45) is 11.8 Å². The molecule has 2 unspecified atom stereocenters. The molecule has 15 heavy (non-hydrogen) atoms. The number of piperidine rings is 1. The van der Waals surface area contributed by atoms with Gasteiger partial charge in [0.1, 0.15) is 0 Å². The average Bonchev–Trinajstić information content (AvgIpc) is 2.64. The van der Waals surface area contributed by atoms with Crippen LogP contribution in [0.5, 0.6) is 0 Å². The maximum absolute atomic E-state index is 11.6. The van der Waals surface area contributed by atoms with Crippen molar-refractivity contribution in [3.63, 3.8) is 0 Å². The fraction of sp³-hybridized carbons (Fsp3) is 1.00. The van der Waals surface area contributed by atoms with Crippen molar-refractivity contribution < 1.29 is 13.2 Å². The predicted octanol–water partition coefficient (Wildman–Crippen LogP) is -0.840. The topological polar surface area (TPSA) is 67.4 Å². The molecule has 5 nitrogen and oxygen atoms in total. The van der Waals surface area contributed by atoms with Gasteiger partial charge in [0.25, 0.3) is 0 Å². The van der Waals surface area contributed by atoms with Gasteiger partial charge < -0.3 is 10.1 Å². The Balaban J connectivity index is 1.74. The third-order valence-corrected chi connectivity index (χ3v) is 4.44. The molecular weight excluding hydrogens is 216 g/mol. The summed E-state index contributed by atoms with van der Waals surface area (Å²) in [5, 5.41) is 3.23. The SMILES string of the molecule is CCOCCS(=O)(=O)NC1C2CNCC21. The van der Waals surface area contributed by atoms with Crippen LogP contribution in [0.15, 0.2) is 0 Å². The second-order valence-electron chi connectivity index (χ2n) is 4.15. The minimum absolute atomic E-state index is 0.0736. The van der Waals surface area contributed by atoms with Crippen LogP contribution in [0.3, 0.4) is 0 Å². The maximum Gasteiger partial charge on any atom is 0.214 e. The molecule has 2 atom stereocenters. The third kappa shape index (κ3) is 2.69. The lowest BCUT2D eigenvalue weighted by Crippen LogP contribution is -2.35. The number of nitrogens with one attached hydrogen (secondary N) is 2. The van der Waals surface area contributed by atoms with Gasteiger partial charge >= 0.3 is 0 Å². The molecule has 0 aromatic rings. The van der Waals surface area contributed by atoms with Gasteiger partial charge in [-0.2, -0.15) is 0 Å². The van der Waals surface area contributed by atoms with Gasteiger partial charge in [0.05, 0.1) is 12.4 Å². The molecule has 2 aliphatic rings. The summed E-state index contributed by atoms with van der Waals surface area (Å²) in [6.07, 6.45) is 0. The van der Waals surface area contributed by atoms with Crippen molar-refractivity contribution in [3.05, 3.63) is 0 Å². The summed E-state index contributed by atoms with van der Waals surface area (Å²) in [6.45, 7) is 4.60. The van der Waals surface area contributed by atoms with E-state index in [-0.39, 0.29) is 18.4 Å². The molecule has 1 heterocycles. The van der Waals surface area contributed by atoms with Crippen LogP contribution in [0.1, 0.15) is 6.92 Å². The minimum atomic E-state index is -3.14. The first-order valence-electron chi connectivity index (χ1n) is 5.42. The van der Waals surface area contributed by atoms with Crippen molar-refractivity contribution in [2.75, 3.05) is 32.1 Å². The Kier molecular flexibility index (Phi) is 3.30. The first-order valence-corrected chi connectivity index (χ1v) is 7.08. The fourth-order valence-electron chi connectivity index (χ4n) is 2.17. The molecule has 0 amide bonds. The summed E-state index contributed by atoms with van der Waals surface area (Å²) in [7, 11) is -3.14. The van der Waals surface area contributed by atoms with Gasteiger partial charge in [-0.05, 0) is 31.8 Å². The van der Waals surface area contributed by atoms with Gasteiger partial charge in [0.2, 0.25) is 10.0 Å². The molecule has 1 aliphatic carbocycles. The molecule has 1 aliphatic heterocycles. The zero-order chi connectivity index (χ0) is 10.9. The highest BCUT2D eigenvalue weighted by molar-refractivity contribution is 7.89. The van der Waals surface area contributed by atoms with E-state index in [1.807, 2.05) is 6.92 Å². The molecule has 2 rings (SSSR count). The van der Waals surface area contributed by atoms with Gasteiger partial charge in [0, 0.05) is 12.6 Å². The third-order valence-electron chi connectivity index (χ3n) is 3.11. The molecule has 0 radical (unpaired) electrons. The smallest absolute Gasteiger partial charge is 0.214 e. The number of ether oxygens (including phenoxy) is 1. The molecule has 0 aromatic heterocycles. The normalized spacial score (nSPS) is 34.1. The van der Waals surface area contributed by atoms with Crippen LogP contribution in [0.25, 0.3) is 0 Å². The Morgan fingerprint density at radius 2 is 2.07 bits per heavy atom. The van der Waals surface area contributed by atoms with Crippen LogP contribution < -0.4 is 10.0 Å². The van der Waals surface area contributed by atoms with Crippen molar-refractivity contribution in [2.45, 2.75) is 13.0 Å². The number of hydrogen-bond donors (Lipinski definition) is 2. The standard InChI is InChI=1S/C9H18N2O3S/c1-2-14-3-4-15(12,13)11-9-7-5-10-6-8(7)9/h7-11H,2-6H2,1H3. The van der Waals surface area contributed by atoms with E-state index in [0.717, 1.165) is 13.1 Å². The molecular formula is C9H18N2O3S. The minimum Gasteiger partial charge on any atom is -0.381 e. The highest BCUT2D eigenvalue weighted by atomic mass is 32.2. The molecule has 2 fully saturated rings. The number of fused-ring (bicyclic) bond motifs is 1. The highest BCUT2D eigenvalue weighted by Gasteiger charge is 2.54. The Morgan fingerprint density at radius 1 is 1.40 bits per heavy atom. The van der Waals surface area contributed by atoms with Gasteiger partial charge in [-0.15, -0.1) is 0 Å². The van der Waals surface area contributed by atoms with Crippen molar-refractivity contribution in [1.29, 1.82) is 0 Å². The average molecular weight is 234 g/mol. The van der Waals surface area contributed by atoms with E-state index in [1.54, 1.807) is 0 Å². The summed E-state index contributed by atoms with van der Waals surface area (Å²) in [4.78, 5) is 0. The maximum atomic E-state index is 11.6. The summed E-state index contributed by atoms with van der Waals surface area (Å²) in [5.74, 6) is 1.11. The Labute approximate surface area is 90.6 Å². The summed E-state index contributed by atoms with van der Waals surface area (Å²) in [6, 6.07) is 0.179. The molecule has 1 saturated heterocycles. The van der Waals surface area contributed by atoms with E-state index in [2.05, 4.69) is 10.0 Å². The van der Waals surface area contributed by atoms with E-state index in [4.69, 9.17) is 4.74 Å². The molecule has 0 spiro atoms. The first-order chi connectivity index (χ1) is 7.14. The van der Waals surface area contributed by atoms with Crippen LogP contribution >= 0.6 is 0 Å². The Hall–Kier alpha value is -0.170. The van der Waals surface area contributed by atoms with Crippen molar-refractivity contribution in [3.8, 4) is 0 Å². The molecule has 6 heteroatoms. The lowest BCUT2D eigenvalue weighted by atomic mass is 10.4. The monoisotopic (exact) mass is 234 g/mol. The van der Waals surface area contributed by atoms with E-state index in [1.165, 1.54) is 0 Å². The van der Waals surface area contributed by atoms with Gasteiger partial charge in [-0.3, -0.25) is 0 Å². The van der Waals surface area contributed by atoms with Gasteiger partial charge in [0.15, 0.2) is 0 Å². The van der Waals surface area contributed by atoms with Crippen LogP contribution in [0.4, 0.5) is 0 Å². The van der Waals surface area contributed by atoms with Crippen LogP contribution in [-0.2, 0) is 14.8 Å². The molecule has 88 valence electrons. The molecule has 1 saturated carbocycles. The second kappa shape index (κ2) is 4.37. The van der Waals surface area contributed by atoms with Gasteiger partial charge in [-0.1, -0.05) is 0 Å². The summed E-state index contributed by atoms with van der Waals surface area (Å²) >= 11 is 0. The van der Waals surface area contributed by atoms with Crippen LogP contribution in [0.2, 0.25) is 0 Å². The Morgan fingerprint density at radius 3 is 2.67 bits per heavy atom. The molecule has 2 N–H and O–H groups in total. The van der Waals surface area contributed by atoms with E-state index >= 15 is 0 Å².